The van der Waals surface area contributed by atoms with Gasteiger partial charge in [-0.1, -0.05) is 23.7 Å². The highest BCUT2D eigenvalue weighted by molar-refractivity contribution is 6.35. The third-order valence-electron chi connectivity index (χ3n) is 8.66. The maximum absolute atomic E-state index is 14.3. The van der Waals surface area contributed by atoms with E-state index >= 15 is 0 Å². The molecule has 0 saturated carbocycles. The van der Waals surface area contributed by atoms with Crippen molar-refractivity contribution in [1.82, 2.24) is 29.1 Å². The fraction of sp³-hybridized carbons (Fsp3) is 0.400. The number of alkyl halides is 3. The maximum Gasteiger partial charge on any atom is 0.406 e. The van der Waals surface area contributed by atoms with Crippen LogP contribution in [0.1, 0.15) is 43.4 Å². The fourth-order valence-electron chi connectivity index (χ4n) is 6.49. The number of likely N-dealkylation sites (tertiary alicyclic amines) is 1. The molecular weight excluding hydrogens is 604 g/mol. The zero-order valence-corrected chi connectivity index (χ0v) is 24.5. The molecule has 232 valence electrons. The minimum atomic E-state index is -4.64. The number of halogens is 5. The molecule has 2 amide bonds. The highest BCUT2D eigenvalue weighted by Crippen LogP contribution is 2.40. The number of hydrogen-bond donors (Lipinski definition) is 1. The van der Waals surface area contributed by atoms with Gasteiger partial charge in [-0.25, -0.2) is 9.18 Å². The van der Waals surface area contributed by atoms with Gasteiger partial charge in [-0.2, -0.15) is 18.3 Å². The van der Waals surface area contributed by atoms with Crippen LogP contribution in [0.3, 0.4) is 0 Å². The molecule has 4 heterocycles. The maximum atomic E-state index is 14.3. The second-order valence-corrected chi connectivity index (χ2v) is 12.2. The van der Waals surface area contributed by atoms with Crippen molar-refractivity contribution >= 4 is 34.3 Å². The summed E-state index contributed by atoms with van der Waals surface area (Å²) >= 11 is 6.44. The lowest BCUT2D eigenvalue weighted by Crippen LogP contribution is -2.48. The molecule has 9 nitrogen and oxygen atoms in total. The third-order valence-corrected chi connectivity index (χ3v) is 8.96. The van der Waals surface area contributed by atoms with E-state index in [0.29, 0.717) is 39.9 Å². The quantitative estimate of drug-likeness (QED) is 0.313. The van der Waals surface area contributed by atoms with Crippen molar-refractivity contribution in [2.24, 2.45) is 5.41 Å². The Kier molecular flexibility index (Phi) is 7.55. The van der Waals surface area contributed by atoms with Crippen molar-refractivity contribution in [3.63, 3.8) is 0 Å². The van der Waals surface area contributed by atoms with E-state index < -0.39 is 35.6 Å². The van der Waals surface area contributed by atoms with Crippen LogP contribution in [0.4, 0.5) is 17.6 Å². The zero-order chi connectivity index (χ0) is 31.4. The zero-order valence-electron chi connectivity index (χ0n) is 23.7. The number of hydrogen-bond acceptors (Lipinski definition) is 4. The normalized spacial score (nSPS) is 19.8. The molecule has 0 bridgehead atoms. The molecular formula is C30H29ClF4N6O3. The Labute approximate surface area is 254 Å². The van der Waals surface area contributed by atoms with Gasteiger partial charge in [-0.3, -0.25) is 23.8 Å². The summed E-state index contributed by atoms with van der Waals surface area (Å²) in [6, 6.07) is 7.36. The number of amides is 2. The van der Waals surface area contributed by atoms with E-state index in [-0.39, 0.29) is 50.1 Å². The number of fused-ring (bicyclic) bond motifs is 3. The number of nitrogens with one attached hydrogen (secondary N) is 1. The van der Waals surface area contributed by atoms with Gasteiger partial charge in [0, 0.05) is 49.9 Å². The first kappa shape index (κ1) is 29.9. The van der Waals surface area contributed by atoms with Crippen LogP contribution in [0.15, 0.2) is 53.7 Å². The summed E-state index contributed by atoms with van der Waals surface area (Å²) in [5.74, 6) is -1.65. The van der Waals surface area contributed by atoms with Crippen molar-refractivity contribution in [3.05, 3.63) is 81.4 Å². The fourth-order valence-corrected chi connectivity index (χ4v) is 6.76. The molecule has 1 N–H and O–H groups in total. The lowest BCUT2D eigenvalue weighted by atomic mass is 9.78. The Balaban J connectivity index is 1.21. The molecule has 2 aromatic carbocycles. The van der Waals surface area contributed by atoms with Crippen molar-refractivity contribution < 1.29 is 27.2 Å². The van der Waals surface area contributed by atoms with Gasteiger partial charge in [-0.05, 0) is 55.5 Å². The Morgan fingerprint density at radius 1 is 1.16 bits per heavy atom. The molecule has 0 unspecified atom stereocenters. The largest absolute Gasteiger partial charge is 0.406 e. The van der Waals surface area contributed by atoms with E-state index in [1.54, 1.807) is 23.2 Å². The molecule has 1 saturated heterocycles. The Morgan fingerprint density at radius 3 is 2.59 bits per heavy atom. The highest BCUT2D eigenvalue weighted by atomic mass is 35.5. The van der Waals surface area contributed by atoms with Crippen LogP contribution in [-0.2, 0) is 22.6 Å². The van der Waals surface area contributed by atoms with E-state index in [4.69, 9.17) is 11.6 Å². The first-order valence-electron chi connectivity index (χ1n) is 14.2. The topological polar surface area (TPSA) is 96.2 Å². The number of piperidine rings is 1. The minimum absolute atomic E-state index is 0.0253. The molecule has 2 aromatic heterocycles. The predicted octanol–water partition coefficient (Wildman–Crippen LogP) is 5.01. The van der Waals surface area contributed by atoms with E-state index in [1.165, 1.54) is 46.7 Å². The predicted molar refractivity (Wildman–Crippen MR) is 154 cm³/mol. The van der Waals surface area contributed by atoms with Crippen LogP contribution in [-0.4, -0.2) is 66.8 Å². The number of imidazole rings is 1. The number of rotatable bonds is 5. The molecule has 1 atom stereocenters. The summed E-state index contributed by atoms with van der Waals surface area (Å²) in [6.07, 6.45) is 0.542. The van der Waals surface area contributed by atoms with Crippen molar-refractivity contribution in [2.75, 3.05) is 19.6 Å². The van der Waals surface area contributed by atoms with E-state index in [0.717, 1.165) is 4.90 Å². The van der Waals surface area contributed by atoms with Crippen molar-refractivity contribution in [3.8, 4) is 5.69 Å². The Hall–Kier alpha value is -4.13. The van der Waals surface area contributed by atoms with Gasteiger partial charge < -0.3 is 9.80 Å². The first-order valence-corrected chi connectivity index (χ1v) is 14.5. The van der Waals surface area contributed by atoms with Crippen LogP contribution in [0.2, 0.25) is 5.02 Å². The lowest BCUT2D eigenvalue weighted by Gasteiger charge is -2.36. The SMILES string of the molecule is C[C@@]1(CC(=O)N2CCC(n3ccn(-c4ccccc4F)c3=O)CC2)Cc2cc(Cl)c3[nH]ncc3c2CN(CC(F)(F)F)C1=O. The monoisotopic (exact) mass is 632 g/mol. The van der Waals surface area contributed by atoms with Gasteiger partial charge in [0.25, 0.3) is 0 Å². The highest BCUT2D eigenvalue weighted by Gasteiger charge is 2.46. The van der Waals surface area contributed by atoms with E-state index in [9.17, 15) is 31.9 Å². The molecule has 44 heavy (non-hydrogen) atoms. The minimum Gasteiger partial charge on any atom is -0.343 e. The van der Waals surface area contributed by atoms with Gasteiger partial charge in [0.1, 0.15) is 12.4 Å². The second-order valence-electron chi connectivity index (χ2n) is 11.8. The average molecular weight is 633 g/mol. The number of aromatic amines is 1. The van der Waals surface area contributed by atoms with Crippen LogP contribution in [0.5, 0.6) is 0 Å². The summed E-state index contributed by atoms with van der Waals surface area (Å²) in [6.45, 7) is 0.350. The number of para-hydroxylation sites is 1. The number of aromatic nitrogens is 4. The average Bonchev–Trinajstić information content (AvgIpc) is 3.59. The summed E-state index contributed by atoms with van der Waals surface area (Å²) in [4.78, 5) is 42.7. The smallest absolute Gasteiger partial charge is 0.343 e. The molecule has 0 radical (unpaired) electrons. The van der Waals surface area contributed by atoms with E-state index in [1.807, 2.05) is 0 Å². The molecule has 6 rings (SSSR count). The standard InChI is InChI=1S/C30H29ClF4N6O3/c1-29(13-18-12-22(31)26-20(15-36-37-26)21(18)16-39(27(29)43)17-30(33,34)35)14-25(42)38-8-6-19(7-9-38)40-10-11-41(28(40)44)24-5-3-2-4-23(24)32/h2-5,10-12,15,19H,6-9,13-14,16-17H2,1H3,(H,36,37)/t29-/m0/s1. The van der Waals surface area contributed by atoms with Gasteiger partial charge in [0.2, 0.25) is 11.8 Å². The van der Waals surface area contributed by atoms with Crippen molar-refractivity contribution in [1.29, 1.82) is 0 Å². The summed E-state index contributed by atoms with van der Waals surface area (Å²) in [7, 11) is 0. The molecule has 0 aliphatic carbocycles. The van der Waals surface area contributed by atoms with Gasteiger partial charge in [0.15, 0.2) is 0 Å². The molecule has 4 aromatic rings. The Morgan fingerprint density at radius 2 is 1.89 bits per heavy atom. The molecule has 2 aliphatic heterocycles. The van der Waals surface area contributed by atoms with Crippen LogP contribution < -0.4 is 5.69 Å². The van der Waals surface area contributed by atoms with Gasteiger partial charge in [-0.15, -0.1) is 0 Å². The molecule has 2 aliphatic rings. The Bertz CT molecular complexity index is 1810. The first-order chi connectivity index (χ1) is 20.8. The number of nitrogens with zero attached hydrogens (tertiary/aromatic N) is 5. The number of H-pyrrole nitrogens is 1. The lowest BCUT2D eigenvalue weighted by molar-refractivity contribution is -0.169. The second kappa shape index (κ2) is 11.1. The van der Waals surface area contributed by atoms with Gasteiger partial charge >= 0.3 is 11.9 Å². The van der Waals surface area contributed by atoms with Crippen LogP contribution >= 0.6 is 11.6 Å². The summed E-state index contributed by atoms with van der Waals surface area (Å²) < 4.78 is 57.9. The van der Waals surface area contributed by atoms with Crippen LogP contribution in [0.25, 0.3) is 16.6 Å². The number of carbonyl (C=O) groups excluding carboxylic acids is 2. The summed E-state index contributed by atoms with van der Waals surface area (Å²) in [5.41, 5.74) is -0.142. The third kappa shape index (κ3) is 5.49. The molecule has 14 heteroatoms. The van der Waals surface area contributed by atoms with Crippen molar-refractivity contribution in [2.45, 2.75) is 51.4 Å². The van der Waals surface area contributed by atoms with E-state index in [2.05, 4.69) is 10.2 Å². The van der Waals surface area contributed by atoms with Gasteiger partial charge in [0.05, 0.1) is 27.8 Å². The van der Waals surface area contributed by atoms with Crippen LogP contribution in [0, 0.1) is 11.2 Å². The number of carbonyl (C=O) groups is 2. The number of benzene rings is 2. The molecule has 1 fully saturated rings. The molecule has 0 spiro atoms. The summed E-state index contributed by atoms with van der Waals surface area (Å²) in [5, 5.41) is 7.59.